The maximum absolute atomic E-state index is 9.95. The summed E-state index contributed by atoms with van der Waals surface area (Å²) in [5.41, 5.74) is 12.0. The average molecular weight is 794 g/mol. The molecule has 2 aromatic heterocycles. The Kier molecular flexibility index (Phi) is 10.2. The minimum Gasteiger partial charge on any atom is -0.208 e. The fourth-order valence-corrected chi connectivity index (χ4v) is 7.56. The summed E-state index contributed by atoms with van der Waals surface area (Å²) >= 11 is 0. The molecule has 0 spiro atoms. The SMILES string of the molecule is N#Cc1cccc(-c2c(-c3ccc(-c4nc(-c5ccccc5)nc(-c5ccccc5)n4)cc3)cccc2-c2ccc(-c3nc(-c4ccccc4)nc(-c4ccccc4)n3)cc2)c1. The summed E-state index contributed by atoms with van der Waals surface area (Å²) in [6, 6.07) is 73.1. The predicted octanol–water partition coefficient (Wildman–Crippen LogP) is 12.9. The Balaban J connectivity index is 1.05. The van der Waals surface area contributed by atoms with Gasteiger partial charge in [-0.05, 0) is 45.5 Å². The van der Waals surface area contributed by atoms with Gasteiger partial charge in [0.15, 0.2) is 34.9 Å². The van der Waals surface area contributed by atoms with E-state index in [-0.39, 0.29) is 0 Å². The van der Waals surface area contributed by atoms with Crippen molar-refractivity contribution in [3.05, 3.63) is 218 Å². The second-order valence-electron chi connectivity index (χ2n) is 14.7. The molecule has 7 heteroatoms. The van der Waals surface area contributed by atoms with Gasteiger partial charge in [0.25, 0.3) is 0 Å². The number of rotatable bonds is 9. The van der Waals surface area contributed by atoms with Gasteiger partial charge in [-0.2, -0.15) is 5.26 Å². The summed E-state index contributed by atoms with van der Waals surface area (Å²) in [5.74, 6) is 3.62. The molecule has 10 rings (SSSR count). The third-order valence-corrected chi connectivity index (χ3v) is 10.7. The lowest BCUT2D eigenvalue weighted by molar-refractivity contribution is 1.07. The van der Waals surface area contributed by atoms with Crippen molar-refractivity contribution >= 4 is 0 Å². The fraction of sp³-hybridized carbons (Fsp3) is 0. The van der Waals surface area contributed by atoms with E-state index in [2.05, 4.69) is 78.9 Å². The minimum atomic E-state index is 0.588. The van der Waals surface area contributed by atoms with Crippen LogP contribution < -0.4 is 0 Å². The Morgan fingerprint density at radius 3 is 0.855 bits per heavy atom. The van der Waals surface area contributed by atoms with E-state index in [1.165, 1.54) is 0 Å². The van der Waals surface area contributed by atoms with Crippen LogP contribution in [0.1, 0.15) is 5.56 Å². The first-order valence-corrected chi connectivity index (χ1v) is 20.3. The van der Waals surface area contributed by atoms with Gasteiger partial charge in [-0.15, -0.1) is 0 Å². The lowest BCUT2D eigenvalue weighted by Crippen LogP contribution is -2.00. The highest BCUT2D eigenvalue weighted by atomic mass is 15.0. The highest BCUT2D eigenvalue weighted by Gasteiger charge is 2.18. The molecule has 0 N–H and O–H groups in total. The fourth-order valence-electron chi connectivity index (χ4n) is 7.56. The van der Waals surface area contributed by atoms with Crippen molar-refractivity contribution in [2.24, 2.45) is 0 Å². The number of nitrogens with zero attached hydrogens (tertiary/aromatic N) is 7. The lowest BCUT2D eigenvalue weighted by Gasteiger charge is -2.17. The summed E-state index contributed by atoms with van der Waals surface area (Å²) in [5, 5.41) is 9.95. The van der Waals surface area contributed by atoms with E-state index in [4.69, 9.17) is 29.9 Å². The smallest absolute Gasteiger partial charge is 0.164 e. The Hall–Kier alpha value is -8.73. The summed E-state index contributed by atoms with van der Waals surface area (Å²) in [7, 11) is 0. The maximum Gasteiger partial charge on any atom is 0.164 e. The van der Waals surface area contributed by atoms with Crippen molar-refractivity contribution in [3.63, 3.8) is 0 Å². The van der Waals surface area contributed by atoms with Gasteiger partial charge in [0.1, 0.15) is 0 Å². The number of benzene rings is 8. The van der Waals surface area contributed by atoms with E-state index >= 15 is 0 Å². The van der Waals surface area contributed by atoms with Crippen LogP contribution in [-0.2, 0) is 0 Å². The number of nitriles is 1. The number of aromatic nitrogens is 6. The van der Waals surface area contributed by atoms with E-state index in [9.17, 15) is 5.26 Å². The van der Waals surface area contributed by atoms with E-state index in [0.717, 1.165) is 66.8 Å². The molecular formula is C55H35N7. The van der Waals surface area contributed by atoms with Gasteiger partial charge in [-0.3, -0.25) is 0 Å². The second kappa shape index (κ2) is 16.9. The second-order valence-corrected chi connectivity index (χ2v) is 14.7. The molecule has 7 nitrogen and oxygen atoms in total. The van der Waals surface area contributed by atoms with Crippen LogP contribution in [0.15, 0.2) is 212 Å². The molecule has 0 aliphatic rings. The van der Waals surface area contributed by atoms with Crippen molar-refractivity contribution in [1.82, 2.24) is 29.9 Å². The summed E-state index contributed by atoms with van der Waals surface area (Å²) in [6.07, 6.45) is 0. The standard InChI is InChI=1S/C55H35N7/c56-36-37-15-13-24-46(35-37)49-47(38-27-31-44(32-28-38)54-59-50(40-16-5-1-6-17-40)57-51(60-54)41-18-7-2-8-19-41)25-14-26-48(49)39-29-33-45(34-30-39)55-61-52(42-20-9-3-10-21-42)58-53(62-55)43-22-11-4-12-23-43/h1-35H. The van der Waals surface area contributed by atoms with Crippen LogP contribution in [0.5, 0.6) is 0 Å². The summed E-state index contributed by atoms with van der Waals surface area (Å²) < 4.78 is 0. The molecule has 0 fully saturated rings. The normalized spacial score (nSPS) is 10.9. The van der Waals surface area contributed by atoms with Crippen LogP contribution in [-0.4, -0.2) is 29.9 Å². The molecule has 0 aliphatic carbocycles. The molecular weight excluding hydrogens is 759 g/mol. The van der Waals surface area contributed by atoms with Crippen molar-refractivity contribution < 1.29 is 0 Å². The third kappa shape index (κ3) is 7.75. The Bertz CT molecular complexity index is 2900. The van der Waals surface area contributed by atoms with Gasteiger partial charge < -0.3 is 0 Å². The summed E-state index contributed by atoms with van der Waals surface area (Å²) in [4.78, 5) is 29.5. The van der Waals surface area contributed by atoms with Gasteiger partial charge in [-0.1, -0.05) is 200 Å². The van der Waals surface area contributed by atoms with Crippen molar-refractivity contribution in [1.29, 1.82) is 5.26 Å². The molecule has 0 unspecified atom stereocenters. The molecule has 0 radical (unpaired) electrons. The van der Waals surface area contributed by atoms with Crippen molar-refractivity contribution in [2.45, 2.75) is 0 Å². The van der Waals surface area contributed by atoms with Crippen LogP contribution in [0.2, 0.25) is 0 Å². The molecule has 0 atom stereocenters. The van der Waals surface area contributed by atoms with Crippen LogP contribution in [0.3, 0.4) is 0 Å². The zero-order chi connectivity index (χ0) is 41.7. The Morgan fingerprint density at radius 2 is 0.532 bits per heavy atom. The Labute approximate surface area is 359 Å². The molecule has 62 heavy (non-hydrogen) atoms. The molecule has 8 aromatic carbocycles. The first-order chi connectivity index (χ1) is 30.7. The van der Waals surface area contributed by atoms with Crippen molar-refractivity contribution in [3.8, 4) is 108 Å². The van der Waals surface area contributed by atoms with Gasteiger partial charge in [0.2, 0.25) is 0 Å². The van der Waals surface area contributed by atoms with Crippen LogP contribution in [0, 0.1) is 11.3 Å². The zero-order valence-corrected chi connectivity index (χ0v) is 33.3. The monoisotopic (exact) mass is 793 g/mol. The van der Waals surface area contributed by atoms with Crippen LogP contribution in [0.4, 0.5) is 0 Å². The number of hydrogen-bond donors (Lipinski definition) is 0. The van der Waals surface area contributed by atoms with Crippen molar-refractivity contribution in [2.75, 3.05) is 0 Å². The molecule has 290 valence electrons. The first kappa shape index (κ1) is 37.5. The summed E-state index contributed by atoms with van der Waals surface area (Å²) in [6.45, 7) is 0. The van der Waals surface area contributed by atoms with Gasteiger partial charge >= 0.3 is 0 Å². The topological polar surface area (TPSA) is 101 Å². The predicted molar refractivity (Wildman–Crippen MR) is 247 cm³/mol. The van der Waals surface area contributed by atoms with E-state index in [1.54, 1.807) is 0 Å². The molecule has 2 heterocycles. The van der Waals surface area contributed by atoms with E-state index in [0.29, 0.717) is 40.5 Å². The zero-order valence-electron chi connectivity index (χ0n) is 33.3. The molecule has 0 aliphatic heterocycles. The molecule has 10 aromatic rings. The highest BCUT2D eigenvalue weighted by Crippen LogP contribution is 2.41. The Morgan fingerprint density at radius 1 is 0.258 bits per heavy atom. The number of hydrogen-bond acceptors (Lipinski definition) is 7. The van der Waals surface area contributed by atoms with Crippen LogP contribution >= 0.6 is 0 Å². The quantitative estimate of drug-likeness (QED) is 0.143. The molecule has 0 bridgehead atoms. The molecule has 0 saturated heterocycles. The minimum absolute atomic E-state index is 0.588. The van der Waals surface area contributed by atoms with E-state index < -0.39 is 0 Å². The first-order valence-electron chi connectivity index (χ1n) is 20.3. The van der Waals surface area contributed by atoms with Gasteiger partial charge in [0, 0.05) is 33.4 Å². The van der Waals surface area contributed by atoms with Gasteiger partial charge in [-0.25, -0.2) is 29.9 Å². The average Bonchev–Trinajstić information content (AvgIpc) is 3.37. The van der Waals surface area contributed by atoms with Crippen LogP contribution in [0.25, 0.3) is 102 Å². The lowest BCUT2D eigenvalue weighted by atomic mass is 9.87. The van der Waals surface area contributed by atoms with Gasteiger partial charge in [0.05, 0.1) is 11.6 Å². The molecule has 0 amide bonds. The van der Waals surface area contributed by atoms with E-state index in [1.807, 2.05) is 140 Å². The largest absolute Gasteiger partial charge is 0.208 e. The maximum atomic E-state index is 9.95. The third-order valence-electron chi connectivity index (χ3n) is 10.7. The highest BCUT2D eigenvalue weighted by molar-refractivity contribution is 5.95. The molecule has 0 saturated carbocycles.